The first-order valence-corrected chi connectivity index (χ1v) is 16.4. The lowest BCUT2D eigenvalue weighted by atomic mass is 9.85. The molecule has 0 amide bonds. The fourth-order valence-electron chi connectivity index (χ4n) is 3.79. The fourth-order valence-corrected chi connectivity index (χ4v) is 5.08. The van der Waals surface area contributed by atoms with Gasteiger partial charge in [0.2, 0.25) is 0 Å². The van der Waals surface area contributed by atoms with Crippen LogP contribution in [0.1, 0.15) is 39.0 Å². The summed E-state index contributed by atoms with van der Waals surface area (Å²) in [5.74, 6) is 0.256. The minimum atomic E-state index is -1.17. The van der Waals surface area contributed by atoms with Crippen molar-refractivity contribution in [2.75, 3.05) is 13.2 Å². The number of esters is 1. The summed E-state index contributed by atoms with van der Waals surface area (Å²) in [6.07, 6.45) is 4.20. The molecule has 0 aliphatic heterocycles. The van der Waals surface area contributed by atoms with Crippen LogP contribution in [0.15, 0.2) is 6.07 Å². The van der Waals surface area contributed by atoms with Crippen molar-refractivity contribution < 1.29 is 19.0 Å². The van der Waals surface area contributed by atoms with Crippen molar-refractivity contribution in [1.29, 1.82) is 0 Å². The van der Waals surface area contributed by atoms with E-state index in [4.69, 9.17) is 25.8 Å². The fraction of sp³-hybridized carbons (Fsp3) is 0.682. The van der Waals surface area contributed by atoms with E-state index >= 15 is 0 Å². The van der Waals surface area contributed by atoms with Crippen LogP contribution in [0.4, 0.5) is 0 Å². The summed E-state index contributed by atoms with van der Waals surface area (Å²) in [6, 6.07) is 3.49. The van der Waals surface area contributed by atoms with Gasteiger partial charge in [0.1, 0.15) is 16.5 Å². The van der Waals surface area contributed by atoms with Gasteiger partial charge < -0.3 is 14.2 Å². The van der Waals surface area contributed by atoms with Crippen LogP contribution in [0.5, 0.6) is 6.01 Å². The van der Waals surface area contributed by atoms with Crippen molar-refractivity contribution in [1.82, 2.24) is 14.5 Å². The number of ether oxygens (including phenoxy) is 3. The molecule has 1 fully saturated rings. The molecule has 3 rings (SSSR count). The molecule has 0 aromatic carbocycles. The molecular formula is C22H33ClIN3O4Si. The molecule has 178 valence electrons. The lowest BCUT2D eigenvalue weighted by Gasteiger charge is -2.28. The Morgan fingerprint density at radius 2 is 1.97 bits per heavy atom. The van der Waals surface area contributed by atoms with Crippen molar-refractivity contribution in [2.45, 2.75) is 77.5 Å². The van der Waals surface area contributed by atoms with E-state index in [0.29, 0.717) is 52.7 Å². The molecule has 0 unspecified atom stereocenters. The maximum Gasteiger partial charge on any atom is 0.306 e. The molecule has 2 aromatic rings. The van der Waals surface area contributed by atoms with Gasteiger partial charge in [-0.15, -0.1) is 0 Å². The molecule has 0 bridgehead atoms. The lowest BCUT2D eigenvalue weighted by molar-refractivity contribution is -0.144. The third kappa shape index (κ3) is 7.29. The summed E-state index contributed by atoms with van der Waals surface area (Å²) in [7, 11) is -1.17. The molecule has 2 heterocycles. The average molecular weight is 594 g/mol. The van der Waals surface area contributed by atoms with E-state index in [1.54, 1.807) is 0 Å². The van der Waals surface area contributed by atoms with E-state index in [9.17, 15) is 4.79 Å². The second-order valence-electron chi connectivity index (χ2n) is 9.54. The summed E-state index contributed by atoms with van der Waals surface area (Å²) in [5, 5.41) is 0.590. The van der Waals surface area contributed by atoms with E-state index in [0.717, 1.165) is 37.2 Å². The van der Waals surface area contributed by atoms with Crippen molar-refractivity contribution in [2.24, 2.45) is 5.92 Å². The molecule has 0 spiro atoms. The number of hydrogen-bond acceptors (Lipinski definition) is 6. The summed E-state index contributed by atoms with van der Waals surface area (Å²) in [6.45, 7) is 10.3. The van der Waals surface area contributed by atoms with Gasteiger partial charge in [-0.05, 0) is 73.2 Å². The van der Waals surface area contributed by atoms with Crippen molar-refractivity contribution >= 4 is 59.4 Å². The number of nitrogens with zero attached hydrogens (tertiary/aromatic N) is 3. The number of rotatable bonds is 10. The maximum atomic E-state index is 11.8. The molecule has 1 saturated carbocycles. The highest BCUT2D eigenvalue weighted by molar-refractivity contribution is 14.1. The zero-order valence-electron chi connectivity index (χ0n) is 19.3. The van der Waals surface area contributed by atoms with Gasteiger partial charge in [0.15, 0.2) is 5.65 Å². The number of hydrogen-bond donors (Lipinski definition) is 0. The molecule has 0 radical (unpaired) electrons. The zero-order chi connectivity index (χ0) is 23.3. The van der Waals surface area contributed by atoms with Crippen molar-refractivity contribution in [3.05, 3.63) is 14.8 Å². The normalized spacial score (nSPS) is 19.3. The van der Waals surface area contributed by atoms with E-state index in [1.807, 2.05) is 17.6 Å². The van der Waals surface area contributed by atoms with Gasteiger partial charge in [0.25, 0.3) is 0 Å². The Morgan fingerprint density at radius 3 is 2.62 bits per heavy atom. The van der Waals surface area contributed by atoms with E-state index in [1.165, 1.54) is 0 Å². The molecule has 1 aliphatic carbocycles. The standard InChI is InChI=1S/C22H33ClIN3O4Si/c1-5-30-19(28)12-15-6-8-16(9-7-15)31-22-26-21-18(13-17(23)20(24)25-21)27(22)14-29-10-11-32(2,3)4/h13,15-16H,5-12,14H2,1-4H3/t15-,16-. The Labute approximate surface area is 209 Å². The number of carbonyl (C=O) groups excluding carboxylic acids is 1. The summed E-state index contributed by atoms with van der Waals surface area (Å²) in [4.78, 5) is 20.9. The second-order valence-corrected chi connectivity index (χ2v) is 16.6. The maximum absolute atomic E-state index is 11.8. The number of carbonyl (C=O) groups is 1. The van der Waals surface area contributed by atoms with Gasteiger partial charge in [-0.1, -0.05) is 31.2 Å². The molecule has 1 aliphatic rings. The minimum Gasteiger partial charge on any atom is -0.466 e. The topological polar surface area (TPSA) is 75.5 Å². The van der Waals surface area contributed by atoms with E-state index in [2.05, 4.69) is 52.2 Å². The monoisotopic (exact) mass is 593 g/mol. The minimum absolute atomic E-state index is 0.0561. The molecule has 0 saturated heterocycles. The predicted octanol–water partition coefficient (Wildman–Crippen LogP) is 5.89. The van der Waals surface area contributed by atoms with E-state index < -0.39 is 8.07 Å². The average Bonchev–Trinajstić information content (AvgIpc) is 3.02. The Hall–Kier alpha value is -0.913. The van der Waals surface area contributed by atoms with Gasteiger partial charge in [0, 0.05) is 21.1 Å². The highest BCUT2D eigenvalue weighted by atomic mass is 127. The van der Waals surface area contributed by atoms with Crippen LogP contribution in [-0.4, -0.2) is 47.9 Å². The van der Waals surface area contributed by atoms with Gasteiger partial charge >= 0.3 is 12.0 Å². The van der Waals surface area contributed by atoms with Gasteiger partial charge in [-0.3, -0.25) is 9.36 Å². The van der Waals surface area contributed by atoms with Crippen molar-refractivity contribution in [3.63, 3.8) is 0 Å². The smallest absolute Gasteiger partial charge is 0.306 e. The number of halogens is 2. The van der Waals surface area contributed by atoms with Gasteiger partial charge in [0.05, 0.1) is 17.1 Å². The first kappa shape index (κ1) is 25.7. The van der Waals surface area contributed by atoms with Crippen LogP contribution in [0.25, 0.3) is 11.2 Å². The van der Waals surface area contributed by atoms with Crippen LogP contribution < -0.4 is 4.74 Å². The first-order chi connectivity index (χ1) is 15.2. The molecule has 2 aromatic heterocycles. The quantitative estimate of drug-likeness (QED) is 0.112. The molecule has 0 N–H and O–H groups in total. The largest absolute Gasteiger partial charge is 0.466 e. The number of aromatic nitrogens is 3. The Kier molecular flexibility index (Phi) is 9.22. The van der Waals surface area contributed by atoms with Crippen LogP contribution in [-0.2, 0) is 21.0 Å². The summed E-state index contributed by atoms with van der Waals surface area (Å²) in [5.41, 5.74) is 1.42. The summed E-state index contributed by atoms with van der Waals surface area (Å²) < 4.78 is 20.1. The zero-order valence-corrected chi connectivity index (χ0v) is 23.2. The molecular weight excluding hydrogens is 561 g/mol. The highest BCUT2D eigenvalue weighted by Crippen LogP contribution is 2.32. The highest BCUT2D eigenvalue weighted by Gasteiger charge is 2.27. The second kappa shape index (κ2) is 11.5. The molecule has 0 atom stereocenters. The summed E-state index contributed by atoms with van der Waals surface area (Å²) >= 11 is 8.45. The predicted molar refractivity (Wildman–Crippen MR) is 137 cm³/mol. The van der Waals surface area contributed by atoms with Crippen LogP contribution in [0.3, 0.4) is 0 Å². The van der Waals surface area contributed by atoms with Crippen molar-refractivity contribution in [3.8, 4) is 6.01 Å². The third-order valence-corrected chi connectivity index (χ3v) is 8.79. The first-order valence-electron chi connectivity index (χ1n) is 11.3. The molecule has 10 heteroatoms. The Balaban J connectivity index is 1.68. The molecule has 32 heavy (non-hydrogen) atoms. The van der Waals surface area contributed by atoms with Crippen LogP contribution in [0.2, 0.25) is 30.7 Å². The molecule has 7 nitrogen and oxygen atoms in total. The number of pyridine rings is 1. The van der Waals surface area contributed by atoms with Gasteiger partial charge in [-0.2, -0.15) is 4.98 Å². The lowest BCUT2D eigenvalue weighted by Crippen LogP contribution is -2.27. The Morgan fingerprint density at radius 1 is 1.25 bits per heavy atom. The van der Waals surface area contributed by atoms with Crippen LogP contribution >= 0.6 is 34.2 Å². The Bertz CT molecular complexity index is 926. The third-order valence-electron chi connectivity index (χ3n) is 5.66. The number of imidazole rings is 1. The van der Waals surface area contributed by atoms with E-state index in [-0.39, 0.29) is 12.1 Å². The number of fused-ring (bicyclic) bond motifs is 1. The SMILES string of the molecule is CCOC(=O)C[C@H]1CC[C@H](Oc2nc3nc(I)c(Cl)cc3n2COCC[Si](C)(C)C)CC1. The van der Waals surface area contributed by atoms with Gasteiger partial charge in [-0.25, -0.2) is 4.98 Å². The van der Waals surface area contributed by atoms with Crippen LogP contribution in [0, 0.1) is 9.62 Å².